The maximum atomic E-state index is 12.6. The predicted molar refractivity (Wildman–Crippen MR) is 92.8 cm³/mol. The lowest BCUT2D eigenvalue weighted by Crippen LogP contribution is -2.39. The summed E-state index contributed by atoms with van der Waals surface area (Å²) < 4.78 is 12.4. The quantitative estimate of drug-likeness (QED) is 0.801. The van der Waals surface area contributed by atoms with E-state index in [2.05, 4.69) is 14.8 Å². The molecule has 1 aromatic heterocycles. The molecular weight excluding hydrogens is 320 g/mol. The van der Waals surface area contributed by atoms with Crippen LogP contribution in [-0.2, 0) is 11.2 Å². The molecule has 0 unspecified atom stereocenters. The second-order valence-electron chi connectivity index (χ2n) is 6.15. The number of hydrogen-bond donors (Lipinski definition) is 0. The molecule has 7 nitrogen and oxygen atoms in total. The van der Waals surface area contributed by atoms with Gasteiger partial charge in [0.05, 0.1) is 13.7 Å². The van der Waals surface area contributed by atoms with E-state index in [0.29, 0.717) is 18.2 Å². The Kier molecular flexibility index (Phi) is 5.65. The van der Waals surface area contributed by atoms with Crippen molar-refractivity contribution in [3.8, 4) is 5.75 Å². The molecule has 0 atom stereocenters. The summed E-state index contributed by atoms with van der Waals surface area (Å²) in [6.45, 7) is 2.10. The normalized spacial score (nSPS) is 15.4. The van der Waals surface area contributed by atoms with Crippen molar-refractivity contribution in [1.29, 1.82) is 0 Å². The molecule has 134 valence electrons. The van der Waals surface area contributed by atoms with Gasteiger partial charge in [-0.05, 0) is 37.1 Å². The fourth-order valence-corrected chi connectivity index (χ4v) is 3.21. The van der Waals surface area contributed by atoms with Gasteiger partial charge in [-0.3, -0.25) is 4.79 Å². The summed E-state index contributed by atoms with van der Waals surface area (Å²) in [4.78, 5) is 14.6. The molecule has 1 aliphatic heterocycles. The van der Waals surface area contributed by atoms with Crippen LogP contribution in [0.2, 0.25) is 0 Å². The molecule has 1 saturated heterocycles. The van der Waals surface area contributed by atoms with Gasteiger partial charge in [0.2, 0.25) is 0 Å². The van der Waals surface area contributed by atoms with E-state index < -0.39 is 0 Å². The zero-order chi connectivity index (χ0) is 17.6. The Balaban J connectivity index is 1.59. The number of aromatic nitrogens is 3. The highest BCUT2D eigenvalue weighted by molar-refractivity contribution is 5.94. The van der Waals surface area contributed by atoms with Crippen LogP contribution in [0.1, 0.15) is 35.1 Å². The van der Waals surface area contributed by atoms with E-state index >= 15 is 0 Å². The van der Waals surface area contributed by atoms with Crippen LogP contribution >= 0.6 is 0 Å². The molecule has 0 radical (unpaired) electrons. The van der Waals surface area contributed by atoms with Gasteiger partial charge in [-0.1, -0.05) is 0 Å². The summed E-state index contributed by atoms with van der Waals surface area (Å²) in [6, 6.07) is 7.60. The van der Waals surface area contributed by atoms with Gasteiger partial charge < -0.3 is 18.9 Å². The summed E-state index contributed by atoms with van der Waals surface area (Å²) in [5, 5.41) is 8.22. The van der Waals surface area contributed by atoms with E-state index in [1.165, 1.54) is 0 Å². The van der Waals surface area contributed by atoms with Crippen molar-refractivity contribution in [3.05, 3.63) is 42.0 Å². The van der Waals surface area contributed by atoms with E-state index in [0.717, 1.165) is 43.9 Å². The number of ether oxygens (including phenoxy) is 2. The number of benzene rings is 1. The summed E-state index contributed by atoms with van der Waals surface area (Å²) in [5.74, 6) is 1.78. The lowest BCUT2D eigenvalue weighted by atomic mass is 10.0. The number of carbonyl (C=O) groups is 1. The molecule has 1 aliphatic rings. The second-order valence-corrected chi connectivity index (χ2v) is 6.15. The molecule has 2 aromatic rings. The van der Waals surface area contributed by atoms with Crippen molar-refractivity contribution in [2.75, 3.05) is 33.9 Å². The number of amides is 1. The van der Waals surface area contributed by atoms with Crippen LogP contribution in [0.5, 0.6) is 5.75 Å². The Morgan fingerprint density at radius 3 is 2.56 bits per heavy atom. The van der Waals surface area contributed by atoms with Crippen LogP contribution in [0.25, 0.3) is 0 Å². The molecule has 1 fully saturated rings. The van der Waals surface area contributed by atoms with Crippen molar-refractivity contribution in [3.63, 3.8) is 0 Å². The number of hydrogen-bond acceptors (Lipinski definition) is 5. The third-order valence-corrected chi connectivity index (χ3v) is 4.66. The third kappa shape index (κ3) is 3.99. The molecular formula is C18H24N4O3. The highest BCUT2D eigenvalue weighted by Crippen LogP contribution is 2.25. The molecule has 7 heteroatoms. The summed E-state index contributed by atoms with van der Waals surface area (Å²) in [5.41, 5.74) is 0.698. The first-order valence-electron chi connectivity index (χ1n) is 8.53. The van der Waals surface area contributed by atoms with Crippen molar-refractivity contribution in [2.45, 2.75) is 25.3 Å². The maximum absolute atomic E-state index is 12.6. The Morgan fingerprint density at radius 1 is 1.20 bits per heavy atom. The topological polar surface area (TPSA) is 69.5 Å². The second kappa shape index (κ2) is 8.11. The Morgan fingerprint density at radius 2 is 1.92 bits per heavy atom. The average molecular weight is 344 g/mol. The Labute approximate surface area is 147 Å². The fraction of sp³-hybridized carbons (Fsp3) is 0.500. The van der Waals surface area contributed by atoms with E-state index in [4.69, 9.17) is 9.47 Å². The minimum Gasteiger partial charge on any atom is -0.497 e. The number of carbonyl (C=O) groups excluding carboxylic acids is 1. The smallest absolute Gasteiger partial charge is 0.253 e. The van der Waals surface area contributed by atoms with Gasteiger partial charge in [0.25, 0.3) is 5.91 Å². The molecule has 0 spiro atoms. The average Bonchev–Trinajstić information content (AvgIpc) is 3.14. The maximum Gasteiger partial charge on any atom is 0.253 e. The number of methoxy groups -OCH3 is 2. The molecule has 25 heavy (non-hydrogen) atoms. The van der Waals surface area contributed by atoms with E-state index in [1.807, 2.05) is 29.2 Å². The summed E-state index contributed by atoms with van der Waals surface area (Å²) in [6.07, 6.45) is 4.35. The van der Waals surface area contributed by atoms with Gasteiger partial charge in [-0.2, -0.15) is 0 Å². The van der Waals surface area contributed by atoms with Crippen molar-refractivity contribution >= 4 is 5.91 Å². The molecule has 0 saturated carbocycles. The molecule has 1 aromatic carbocycles. The lowest BCUT2D eigenvalue weighted by Gasteiger charge is -2.33. The minimum absolute atomic E-state index is 0.0736. The van der Waals surface area contributed by atoms with Gasteiger partial charge in [-0.15, -0.1) is 10.2 Å². The number of nitrogens with zero attached hydrogens (tertiary/aromatic N) is 4. The van der Waals surface area contributed by atoms with Crippen LogP contribution in [0.15, 0.2) is 30.6 Å². The largest absolute Gasteiger partial charge is 0.497 e. The van der Waals surface area contributed by atoms with Crippen molar-refractivity contribution in [2.24, 2.45) is 0 Å². The van der Waals surface area contributed by atoms with Gasteiger partial charge in [0.1, 0.15) is 17.9 Å². The van der Waals surface area contributed by atoms with Gasteiger partial charge in [0.15, 0.2) is 0 Å². The van der Waals surface area contributed by atoms with Crippen LogP contribution in [-0.4, -0.2) is 59.5 Å². The molecule has 0 bridgehead atoms. The van der Waals surface area contributed by atoms with Crippen LogP contribution in [0.4, 0.5) is 0 Å². The van der Waals surface area contributed by atoms with Crippen molar-refractivity contribution in [1.82, 2.24) is 19.7 Å². The number of likely N-dealkylation sites (tertiary alicyclic amines) is 1. The first-order chi connectivity index (χ1) is 12.2. The summed E-state index contributed by atoms with van der Waals surface area (Å²) in [7, 11) is 3.30. The van der Waals surface area contributed by atoms with Crippen LogP contribution in [0, 0.1) is 0 Å². The first-order valence-corrected chi connectivity index (χ1v) is 8.53. The van der Waals surface area contributed by atoms with E-state index in [1.54, 1.807) is 20.5 Å². The van der Waals surface area contributed by atoms with Gasteiger partial charge >= 0.3 is 0 Å². The van der Waals surface area contributed by atoms with E-state index in [-0.39, 0.29) is 5.91 Å². The SMILES string of the molecule is COCCc1nncn1C1CCN(C(=O)c2ccc(OC)cc2)CC1. The lowest BCUT2D eigenvalue weighted by molar-refractivity contribution is 0.0693. The molecule has 0 aliphatic carbocycles. The Hall–Kier alpha value is -2.41. The summed E-state index contributed by atoms with van der Waals surface area (Å²) >= 11 is 0. The van der Waals surface area contributed by atoms with Crippen LogP contribution < -0.4 is 4.74 Å². The Bertz CT molecular complexity index is 691. The third-order valence-electron chi connectivity index (χ3n) is 4.66. The van der Waals surface area contributed by atoms with E-state index in [9.17, 15) is 4.79 Å². The fourth-order valence-electron chi connectivity index (χ4n) is 3.21. The monoisotopic (exact) mass is 344 g/mol. The van der Waals surface area contributed by atoms with Gasteiger partial charge in [-0.25, -0.2) is 0 Å². The molecule has 3 rings (SSSR count). The number of rotatable bonds is 6. The molecule has 2 heterocycles. The predicted octanol–water partition coefficient (Wildman–Crippen LogP) is 1.95. The number of piperidine rings is 1. The zero-order valence-corrected chi connectivity index (χ0v) is 14.7. The molecule has 1 amide bonds. The first kappa shape index (κ1) is 17.4. The highest BCUT2D eigenvalue weighted by Gasteiger charge is 2.25. The standard InChI is InChI=1S/C18H24N4O3/c1-24-12-9-17-20-19-13-22(17)15-7-10-21(11-8-15)18(23)14-3-5-16(25-2)6-4-14/h3-6,13,15H,7-12H2,1-2H3. The zero-order valence-electron chi connectivity index (χ0n) is 14.7. The van der Waals surface area contributed by atoms with Crippen LogP contribution in [0.3, 0.4) is 0 Å². The minimum atomic E-state index is 0.0736. The highest BCUT2D eigenvalue weighted by atomic mass is 16.5. The van der Waals surface area contributed by atoms with Gasteiger partial charge in [0, 0.05) is 38.2 Å². The van der Waals surface area contributed by atoms with Crippen molar-refractivity contribution < 1.29 is 14.3 Å². The molecule has 0 N–H and O–H groups in total.